The van der Waals surface area contributed by atoms with Crippen LogP contribution in [0.3, 0.4) is 0 Å². The number of halogens is 1. The van der Waals surface area contributed by atoms with Gasteiger partial charge in [-0.25, -0.2) is 4.98 Å². The summed E-state index contributed by atoms with van der Waals surface area (Å²) in [5.74, 6) is 0.505. The van der Waals surface area contributed by atoms with Gasteiger partial charge in [-0.15, -0.1) is 0 Å². The second-order valence-corrected chi connectivity index (χ2v) is 4.21. The van der Waals surface area contributed by atoms with Crippen LogP contribution >= 0.6 is 11.6 Å². The molecule has 0 saturated carbocycles. The molecule has 0 aromatic carbocycles. The van der Waals surface area contributed by atoms with Gasteiger partial charge in [-0.2, -0.15) is 0 Å². The summed E-state index contributed by atoms with van der Waals surface area (Å²) in [5.41, 5.74) is 0.757. The molecule has 1 amide bonds. The molecular formula is C12H13ClN2O2. The SMILES string of the molecule is COc1nc(C=C[C@H]2CCC(=O)N2)ccc1Cl. The normalized spacial score (nSPS) is 19.6. The Balaban J connectivity index is 2.08. The zero-order valence-electron chi connectivity index (χ0n) is 9.44. The maximum atomic E-state index is 11.0. The summed E-state index contributed by atoms with van der Waals surface area (Å²) in [4.78, 5) is 15.2. The summed E-state index contributed by atoms with van der Waals surface area (Å²) in [6.07, 6.45) is 5.21. The molecule has 0 aliphatic carbocycles. The second-order valence-electron chi connectivity index (χ2n) is 3.80. The molecule has 1 aliphatic heterocycles. The number of nitrogens with one attached hydrogen (secondary N) is 1. The number of hydrogen-bond acceptors (Lipinski definition) is 3. The van der Waals surface area contributed by atoms with E-state index in [1.807, 2.05) is 12.2 Å². The largest absolute Gasteiger partial charge is 0.480 e. The monoisotopic (exact) mass is 252 g/mol. The Bertz CT molecular complexity index is 460. The van der Waals surface area contributed by atoms with Gasteiger partial charge in [-0.3, -0.25) is 4.79 Å². The van der Waals surface area contributed by atoms with Crippen molar-refractivity contribution < 1.29 is 9.53 Å². The molecule has 1 aromatic heterocycles. The first-order valence-electron chi connectivity index (χ1n) is 5.37. The van der Waals surface area contributed by atoms with Gasteiger partial charge in [-0.1, -0.05) is 17.7 Å². The fraction of sp³-hybridized carbons (Fsp3) is 0.333. The summed E-state index contributed by atoms with van der Waals surface area (Å²) in [6.45, 7) is 0. The van der Waals surface area contributed by atoms with Crippen LogP contribution in [0.5, 0.6) is 5.88 Å². The van der Waals surface area contributed by atoms with Gasteiger partial charge in [-0.05, 0) is 24.6 Å². The number of rotatable bonds is 3. The number of methoxy groups -OCH3 is 1. The molecule has 1 N–H and O–H groups in total. The van der Waals surface area contributed by atoms with Crippen molar-refractivity contribution in [3.05, 3.63) is 28.9 Å². The van der Waals surface area contributed by atoms with Crippen molar-refractivity contribution in [1.82, 2.24) is 10.3 Å². The third-order valence-electron chi connectivity index (χ3n) is 2.56. The van der Waals surface area contributed by atoms with Crippen LogP contribution in [0.15, 0.2) is 18.2 Å². The van der Waals surface area contributed by atoms with Crippen molar-refractivity contribution in [2.75, 3.05) is 7.11 Å². The number of aromatic nitrogens is 1. The van der Waals surface area contributed by atoms with Crippen LogP contribution in [0.1, 0.15) is 18.5 Å². The Morgan fingerprint density at radius 2 is 2.41 bits per heavy atom. The van der Waals surface area contributed by atoms with Crippen molar-refractivity contribution in [3.63, 3.8) is 0 Å². The van der Waals surface area contributed by atoms with Crippen molar-refractivity contribution in [1.29, 1.82) is 0 Å². The number of hydrogen-bond donors (Lipinski definition) is 1. The molecule has 0 unspecified atom stereocenters. The molecule has 5 heteroatoms. The van der Waals surface area contributed by atoms with Gasteiger partial charge in [0.15, 0.2) is 0 Å². The summed E-state index contributed by atoms with van der Waals surface area (Å²) in [5, 5.41) is 3.34. The summed E-state index contributed by atoms with van der Waals surface area (Å²) >= 11 is 5.87. The molecule has 90 valence electrons. The smallest absolute Gasteiger partial charge is 0.232 e. The minimum atomic E-state index is 0.0984. The minimum Gasteiger partial charge on any atom is -0.480 e. The molecule has 4 nitrogen and oxygen atoms in total. The average Bonchev–Trinajstić information content (AvgIpc) is 2.74. The topological polar surface area (TPSA) is 51.2 Å². The molecule has 2 rings (SSSR count). The molecule has 17 heavy (non-hydrogen) atoms. The fourth-order valence-corrected chi connectivity index (χ4v) is 1.85. The lowest BCUT2D eigenvalue weighted by molar-refractivity contribution is -0.119. The van der Waals surface area contributed by atoms with Crippen molar-refractivity contribution in [2.45, 2.75) is 18.9 Å². The van der Waals surface area contributed by atoms with E-state index < -0.39 is 0 Å². The molecule has 0 radical (unpaired) electrons. The molecule has 2 heterocycles. The predicted molar refractivity (Wildman–Crippen MR) is 66.0 cm³/mol. The van der Waals surface area contributed by atoms with E-state index in [1.165, 1.54) is 7.11 Å². The number of pyridine rings is 1. The van der Waals surface area contributed by atoms with Gasteiger partial charge >= 0.3 is 0 Å². The van der Waals surface area contributed by atoms with Gasteiger partial charge in [0.2, 0.25) is 11.8 Å². The second kappa shape index (κ2) is 5.19. The third-order valence-corrected chi connectivity index (χ3v) is 2.84. The van der Waals surface area contributed by atoms with Gasteiger partial charge in [0, 0.05) is 12.5 Å². The Labute approximate surface area is 105 Å². The van der Waals surface area contributed by atoms with Crippen LogP contribution in [0, 0.1) is 0 Å². The average molecular weight is 253 g/mol. The number of carbonyl (C=O) groups is 1. The summed E-state index contributed by atoms with van der Waals surface area (Å²) < 4.78 is 5.03. The number of carbonyl (C=O) groups excluding carboxylic acids is 1. The van der Waals surface area contributed by atoms with Crippen LogP contribution in [0.25, 0.3) is 6.08 Å². The maximum absolute atomic E-state index is 11.0. The van der Waals surface area contributed by atoms with E-state index in [9.17, 15) is 4.79 Å². The molecule has 1 fully saturated rings. The quantitative estimate of drug-likeness (QED) is 0.896. The van der Waals surface area contributed by atoms with E-state index in [0.717, 1.165) is 12.1 Å². The highest BCUT2D eigenvalue weighted by Crippen LogP contribution is 2.21. The lowest BCUT2D eigenvalue weighted by Crippen LogP contribution is -2.22. The molecule has 0 spiro atoms. The molecule has 1 aromatic rings. The van der Waals surface area contributed by atoms with Crippen molar-refractivity contribution in [3.8, 4) is 5.88 Å². The summed E-state index contributed by atoms with van der Waals surface area (Å²) in [6, 6.07) is 3.64. The van der Waals surface area contributed by atoms with Crippen molar-refractivity contribution in [2.24, 2.45) is 0 Å². The predicted octanol–water partition coefficient (Wildman–Crippen LogP) is 2.04. The molecule has 1 saturated heterocycles. The molecule has 0 bridgehead atoms. The fourth-order valence-electron chi connectivity index (χ4n) is 1.67. The minimum absolute atomic E-state index is 0.0984. The number of amides is 1. The standard InChI is InChI=1S/C12H13ClN2O2/c1-17-12-10(13)6-4-9(15-12)3-2-8-5-7-11(16)14-8/h2-4,6,8H,5,7H2,1H3,(H,14,16)/t8-/m0/s1. The Kier molecular flexibility index (Phi) is 3.64. The van der Waals surface area contributed by atoms with Gasteiger partial charge < -0.3 is 10.1 Å². The van der Waals surface area contributed by atoms with Gasteiger partial charge in [0.25, 0.3) is 0 Å². The van der Waals surface area contributed by atoms with E-state index >= 15 is 0 Å². The molecule has 1 aliphatic rings. The van der Waals surface area contributed by atoms with E-state index in [2.05, 4.69) is 10.3 Å². The first kappa shape index (κ1) is 11.9. The molecular weight excluding hydrogens is 240 g/mol. The Morgan fingerprint density at radius 3 is 3.06 bits per heavy atom. The van der Waals surface area contributed by atoms with Gasteiger partial charge in [0.05, 0.1) is 12.8 Å². The lowest BCUT2D eigenvalue weighted by atomic mass is 10.2. The lowest BCUT2D eigenvalue weighted by Gasteiger charge is -2.04. The number of nitrogens with zero attached hydrogens (tertiary/aromatic N) is 1. The first-order chi connectivity index (χ1) is 8.19. The number of ether oxygens (including phenoxy) is 1. The Morgan fingerprint density at radius 1 is 1.59 bits per heavy atom. The highest BCUT2D eigenvalue weighted by atomic mass is 35.5. The highest BCUT2D eigenvalue weighted by Gasteiger charge is 2.17. The Hall–Kier alpha value is -1.55. The first-order valence-corrected chi connectivity index (χ1v) is 5.75. The maximum Gasteiger partial charge on any atom is 0.232 e. The van der Waals surface area contributed by atoms with Crippen LogP contribution in [0.4, 0.5) is 0 Å². The zero-order valence-corrected chi connectivity index (χ0v) is 10.2. The van der Waals surface area contributed by atoms with E-state index in [-0.39, 0.29) is 11.9 Å². The third kappa shape index (κ3) is 2.97. The van der Waals surface area contributed by atoms with Crippen LogP contribution in [-0.4, -0.2) is 24.0 Å². The van der Waals surface area contributed by atoms with E-state index in [1.54, 1.807) is 12.1 Å². The van der Waals surface area contributed by atoms with Crippen LogP contribution in [-0.2, 0) is 4.79 Å². The summed E-state index contributed by atoms with van der Waals surface area (Å²) in [7, 11) is 1.53. The van der Waals surface area contributed by atoms with Crippen molar-refractivity contribution >= 4 is 23.6 Å². The van der Waals surface area contributed by atoms with Gasteiger partial charge in [0.1, 0.15) is 5.02 Å². The molecule has 1 atom stereocenters. The van der Waals surface area contributed by atoms with E-state index in [0.29, 0.717) is 17.3 Å². The van der Waals surface area contributed by atoms with Crippen LogP contribution < -0.4 is 10.1 Å². The van der Waals surface area contributed by atoms with Crippen LogP contribution in [0.2, 0.25) is 5.02 Å². The van der Waals surface area contributed by atoms with E-state index in [4.69, 9.17) is 16.3 Å². The zero-order chi connectivity index (χ0) is 12.3. The highest BCUT2D eigenvalue weighted by molar-refractivity contribution is 6.31.